The number of aryl methyl sites for hydroxylation is 1. The molecule has 0 saturated heterocycles. The van der Waals surface area contributed by atoms with Gasteiger partial charge in [-0.2, -0.15) is 13.2 Å². The first-order valence-corrected chi connectivity index (χ1v) is 14.1. The molecule has 0 fully saturated rings. The molecule has 2 N–H and O–H groups in total. The molecule has 1 aliphatic carbocycles. The van der Waals surface area contributed by atoms with Gasteiger partial charge in [-0.1, -0.05) is 67.1 Å². The van der Waals surface area contributed by atoms with Gasteiger partial charge in [-0.15, -0.1) is 0 Å². The molecular formula is C33H35F3N4O. The number of amides is 1. The fourth-order valence-corrected chi connectivity index (χ4v) is 5.62. The van der Waals surface area contributed by atoms with Crippen LogP contribution >= 0.6 is 0 Å². The molecule has 214 valence electrons. The molecule has 0 atom stereocenters. The molecule has 8 heteroatoms. The maximum atomic E-state index is 13.7. The number of nitrogens with one attached hydrogen (secondary N) is 2. The summed E-state index contributed by atoms with van der Waals surface area (Å²) in [5.74, 6) is 0.576. The van der Waals surface area contributed by atoms with E-state index in [0.29, 0.717) is 30.9 Å². The predicted octanol–water partition coefficient (Wildman–Crippen LogP) is 6.56. The van der Waals surface area contributed by atoms with Crippen molar-refractivity contribution >= 4 is 17.4 Å². The van der Waals surface area contributed by atoms with E-state index in [1.165, 1.54) is 17.2 Å². The van der Waals surface area contributed by atoms with E-state index < -0.39 is 11.7 Å². The van der Waals surface area contributed by atoms with Gasteiger partial charge in [0.15, 0.2) is 0 Å². The van der Waals surface area contributed by atoms with Crippen LogP contribution in [-0.2, 0) is 36.8 Å². The summed E-state index contributed by atoms with van der Waals surface area (Å²) < 4.78 is 41.1. The zero-order valence-corrected chi connectivity index (χ0v) is 23.4. The molecule has 3 aromatic rings. The Hall–Kier alpha value is -4.07. The second kappa shape index (κ2) is 12.2. The van der Waals surface area contributed by atoms with Crippen molar-refractivity contribution in [3.8, 4) is 0 Å². The number of pyridine rings is 1. The standard InChI is InChI=1S/C33H35F3N4O/c1-3-7-24(32(41)39-28-18-25-9-4-5-10-26(25)19-28)11-6-8-23-17-30-31(38-20-23)37-14-15-40(30)21-27-16-22(2)12-13-29(27)33(34,35)36/h4-7,9-13,16-17,20,28H,3,8,14-15,18-19,21H2,1-2H3,(H,37,38)(H,39,41)/b11-6-,24-7+. The Labute approximate surface area is 239 Å². The number of anilines is 2. The van der Waals surface area contributed by atoms with E-state index >= 15 is 0 Å². The molecule has 1 aliphatic heterocycles. The van der Waals surface area contributed by atoms with Crippen LogP contribution in [0.4, 0.5) is 24.7 Å². The Balaban J connectivity index is 1.27. The van der Waals surface area contributed by atoms with E-state index in [1.54, 1.807) is 19.2 Å². The molecule has 2 aromatic carbocycles. The molecule has 41 heavy (non-hydrogen) atoms. The highest BCUT2D eigenvalue weighted by Gasteiger charge is 2.34. The van der Waals surface area contributed by atoms with Crippen LogP contribution in [0.1, 0.15) is 46.7 Å². The summed E-state index contributed by atoms with van der Waals surface area (Å²) in [7, 11) is 0. The van der Waals surface area contributed by atoms with Crippen molar-refractivity contribution in [2.24, 2.45) is 0 Å². The minimum absolute atomic E-state index is 0.0847. The van der Waals surface area contributed by atoms with Crippen molar-refractivity contribution in [3.63, 3.8) is 0 Å². The first kappa shape index (κ1) is 28.5. The fraction of sp³-hybridized carbons (Fsp3) is 0.333. The third-order valence-corrected chi connectivity index (χ3v) is 7.59. The number of hydrogen-bond acceptors (Lipinski definition) is 4. The van der Waals surface area contributed by atoms with Gasteiger partial charge in [0.05, 0.1) is 11.3 Å². The van der Waals surface area contributed by atoms with Crippen molar-refractivity contribution in [1.82, 2.24) is 10.3 Å². The van der Waals surface area contributed by atoms with Crippen LogP contribution in [-0.4, -0.2) is 30.0 Å². The van der Waals surface area contributed by atoms with Crippen molar-refractivity contribution < 1.29 is 18.0 Å². The Morgan fingerprint density at radius 2 is 1.90 bits per heavy atom. The minimum atomic E-state index is -4.41. The molecule has 5 rings (SSSR count). The van der Waals surface area contributed by atoms with Gasteiger partial charge in [-0.25, -0.2) is 4.98 Å². The molecule has 2 aliphatic rings. The highest BCUT2D eigenvalue weighted by atomic mass is 19.4. The highest BCUT2D eigenvalue weighted by Crippen LogP contribution is 2.35. The average molecular weight is 561 g/mol. The first-order chi connectivity index (χ1) is 19.7. The lowest BCUT2D eigenvalue weighted by molar-refractivity contribution is -0.138. The van der Waals surface area contributed by atoms with Crippen molar-refractivity contribution in [1.29, 1.82) is 0 Å². The summed E-state index contributed by atoms with van der Waals surface area (Å²) in [5.41, 5.74) is 5.32. The van der Waals surface area contributed by atoms with E-state index in [-0.39, 0.29) is 24.1 Å². The number of aromatic nitrogens is 1. The van der Waals surface area contributed by atoms with E-state index in [0.717, 1.165) is 42.1 Å². The summed E-state index contributed by atoms with van der Waals surface area (Å²) in [6, 6.07) is 14.6. The Morgan fingerprint density at radius 1 is 1.15 bits per heavy atom. The number of rotatable bonds is 8. The van der Waals surface area contributed by atoms with Crippen LogP contribution < -0.4 is 15.5 Å². The molecule has 2 heterocycles. The molecular weight excluding hydrogens is 525 g/mol. The van der Waals surface area contributed by atoms with Crippen LogP contribution in [0.15, 0.2) is 78.5 Å². The average Bonchev–Trinajstić information content (AvgIpc) is 3.34. The number of halogens is 3. The van der Waals surface area contributed by atoms with Crippen LogP contribution in [0.2, 0.25) is 0 Å². The lowest BCUT2D eigenvalue weighted by atomic mass is 10.0. The highest BCUT2D eigenvalue weighted by molar-refractivity contribution is 5.96. The first-order valence-electron chi connectivity index (χ1n) is 14.1. The smallest absolute Gasteiger partial charge is 0.367 e. The predicted molar refractivity (Wildman–Crippen MR) is 157 cm³/mol. The van der Waals surface area contributed by atoms with Gasteiger partial charge in [0.1, 0.15) is 5.82 Å². The van der Waals surface area contributed by atoms with Crippen LogP contribution in [0.5, 0.6) is 0 Å². The van der Waals surface area contributed by atoms with Gasteiger partial charge < -0.3 is 15.5 Å². The Kier molecular flexibility index (Phi) is 8.47. The topological polar surface area (TPSA) is 57.3 Å². The summed E-state index contributed by atoms with van der Waals surface area (Å²) in [5, 5.41) is 6.44. The number of benzene rings is 2. The molecule has 0 saturated carbocycles. The summed E-state index contributed by atoms with van der Waals surface area (Å²) in [4.78, 5) is 19.6. The minimum Gasteiger partial charge on any atom is -0.367 e. The summed E-state index contributed by atoms with van der Waals surface area (Å²) in [6.07, 6.45) is 6.01. The molecule has 0 unspecified atom stereocenters. The molecule has 0 spiro atoms. The summed E-state index contributed by atoms with van der Waals surface area (Å²) >= 11 is 0. The maximum Gasteiger partial charge on any atom is 0.416 e. The van der Waals surface area contributed by atoms with Crippen LogP contribution in [0.3, 0.4) is 0 Å². The number of hydrogen-bond donors (Lipinski definition) is 2. The molecule has 0 bridgehead atoms. The quantitative estimate of drug-likeness (QED) is 0.242. The fourth-order valence-electron chi connectivity index (χ4n) is 5.62. The molecule has 1 amide bonds. The molecule has 0 radical (unpaired) electrons. The van der Waals surface area contributed by atoms with Gasteiger partial charge >= 0.3 is 6.18 Å². The largest absolute Gasteiger partial charge is 0.416 e. The third kappa shape index (κ3) is 6.81. The van der Waals surface area contributed by atoms with Crippen LogP contribution in [0.25, 0.3) is 0 Å². The zero-order valence-electron chi connectivity index (χ0n) is 23.4. The second-order valence-electron chi connectivity index (χ2n) is 10.7. The number of nitrogens with zero attached hydrogens (tertiary/aromatic N) is 2. The van der Waals surface area contributed by atoms with E-state index in [9.17, 15) is 18.0 Å². The summed E-state index contributed by atoms with van der Waals surface area (Å²) in [6.45, 7) is 5.10. The Morgan fingerprint density at radius 3 is 2.61 bits per heavy atom. The second-order valence-corrected chi connectivity index (χ2v) is 10.7. The number of fused-ring (bicyclic) bond motifs is 2. The van der Waals surface area contributed by atoms with Gasteiger partial charge in [-0.05, 0) is 67.0 Å². The molecule has 5 nitrogen and oxygen atoms in total. The van der Waals surface area contributed by atoms with Crippen molar-refractivity contribution in [2.75, 3.05) is 23.3 Å². The van der Waals surface area contributed by atoms with Gasteiger partial charge in [0, 0.05) is 37.4 Å². The zero-order chi connectivity index (χ0) is 29.0. The number of carbonyl (C=O) groups excluding carboxylic acids is 1. The van der Waals surface area contributed by atoms with Crippen molar-refractivity contribution in [2.45, 2.75) is 58.3 Å². The number of allylic oxidation sites excluding steroid dienone is 2. The third-order valence-electron chi connectivity index (χ3n) is 7.59. The molecule has 1 aromatic heterocycles. The maximum absolute atomic E-state index is 13.7. The van der Waals surface area contributed by atoms with Gasteiger partial charge in [-0.3, -0.25) is 4.79 Å². The van der Waals surface area contributed by atoms with Gasteiger partial charge in [0.25, 0.3) is 5.91 Å². The number of alkyl halides is 3. The van der Waals surface area contributed by atoms with Gasteiger partial charge in [0.2, 0.25) is 0 Å². The normalized spacial score (nSPS) is 15.5. The lowest BCUT2D eigenvalue weighted by Crippen LogP contribution is -2.36. The lowest BCUT2D eigenvalue weighted by Gasteiger charge is -2.32. The van der Waals surface area contributed by atoms with E-state index in [4.69, 9.17) is 0 Å². The van der Waals surface area contributed by atoms with Crippen LogP contribution in [0, 0.1) is 6.92 Å². The monoisotopic (exact) mass is 560 g/mol. The van der Waals surface area contributed by atoms with E-state index in [2.05, 4.69) is 27.8 Å². The van der Waals surface area contributed by atoms with Crippen molar-refractivity contribution in [3.05, 3.63) is 112 Å². The SMILES string of the molecule is CC/C=C(\C=C/Cc1cnc2c(c1)N(Cc1cc(C)ccc1C(F)(F)F)CCN2)C(=O)NC1Cc2ccccc2C1. The number of carbonyl (C=O) groups is 1. The van der Waals surface area contributed by atoms with E-state index in [1.807, 2.05) is 48.3 Å². The Bertz CT molecular complexity index is 1450.